The minimum atomic E-state index is 0.430. The molecular weight excluding hydrogens is 178 g/mol. The first kappa shape index (κ1) is 11.2. The summed E-state index contributed by atoms with van der Waals surface area (Å²) >= 11 is 0. The lowest BCUT2D eigenvalue weighted by molar-refractivity contribution is 0.180. The first-order valence-electron chi connectivity index (χ1n) is 5.00. The smallest absolute Gasteiger partial charge is 0.110 e. The summed E-state index contributed by atoms with van der Waals surface area (Å²) in [4.78, 5) is 4.28. The first-order valence-corrected chi connectivity index (χ1v) is 5.00. The second-order valence-corrected chi connectivity index (χ2v) is 3.42. The molecule has 0 bridgehead atoms. The van der Waals surface area contributed by atoms with Gasteiger partial charge >= 0.3 is 0 Å². The van der Waals surface area contributed by atoms with E-state index in [1.807, 2.05) is 12.4 Å². The Morgan fingerprint density at radius 1 is 1.64 bits per heavy atom. The molecule has 4 heteroatoms. The molecule has 2 N–H and O–H groups in total. The second kappa shape index (κ2) is 5.78. The van der Waals surface area contributed by atoms with Crippen LogP contribution in [0.2, 0.25) is 0 Å². The molecule has 0 aliphatic carbocycles. The Morgan fingerprint density at radius 2 is 2.43 bits per heavy atom. The van der Waals surface area contributed by atoms with Crippen LogP contribution in [0.5, 0.6) is 0 Å². The van der Waals surface area contributed by atoms with Crippen LogP contribution in [0.3, 0.4) is 0 Å². The summed E-state index contributed by atoms with van der Waals surface area (Å²) in [5.41, 5.74) is 5.51. The van der Waals surface area contributed by atoms with E-state index in [1.165, 1.54) is 0 Å². The van der Waals surface area contributed by atoms with Gasteiger partial charge in [-0.1, -0.05) is 0 Å². The van der Waals surface area contributed by atoms with Gasteiger partial charge in [0.25, 0.3) is 0 Å². The quantitative estimate of drug-likeness (QED) is 0.739. The van der Waals surface area contributed by atoms with Crippen LogP contribution in [0.1, 0.15) is 25.2 Å². The first-order chi connectivity index (χ1) is 6.79. The lowest BCUT2D eigenvalue weighted by Gasteiger charge is -2.15. The van der Waals surface area contributed by atoms with Crippen molar-refractivity contribution in [3.05, 3.63) is 18.2 Å². The average Bonchev–Trinajstić information content (AvgIpc) is 2.63. The van der Waals surface area contributed by atoms with Crippen LogP contribution < -0.4 is 5.73 Å². The van der Waals surface area contributed by atoms with E-state index in [-0.39, 0.29) is 0 Å². The third kappa shape index (κ3) is 2.82. The van der Waals surface area contributed by atoms with Crippen molar-refractivity contribution >= 4 is 0 Å². The number of imidazole rings is 1. The lowest BCUT2D eigenvalue weighted by Crippen LogP contribution is -2.14. The van der Waals surface area contributed by atoms with Crippen molar-refractivity contribution in [2.24, 2.45) is 5.73 Å². The number of hydrogen-bond acceptors (Lipinski definition) is 3. The summed E-state index contributed by atoms with van der Waals surface area (Å²) in [5.74, 6) is 1.07. The Hall–Kier alpha value is -0.870. The molecule has 1 atom stereocenters. The van der Waals surface area contributed by atoms with Crippen molar-refractivity contribution in [2.75, 3.05) is 20.3 Å². The summed E-state index contributed by atoms with van der Waals surface area (Å²) < 4.78 is 7.22. The van der Waals surface area contributed by atoms with Crippen LogP contribution in [-0.2, 0) is 11.2 Å². The zero-order valence-corrected chi connectivity index (χ0v) is 8.94. The second-order valence-electron chi connectivity index (χ2n) is 3.42. The van der Waals surface area contributed by atoms with Crippen LogP contribution in [-0.4, -0.2) is 29.8 Å². The predicted octanol–water partition coefficient (Wildman–Crippen LogP) is 0.982. The van der Waals surface area contributed by atoms with Gasteiger partial charge in [-0.25, -0.2) is 4.98 Å². The zero-order chi connectivity index (χ0) is 10.4. The van der Waals surface area contributed by atoms with Gasteiger partial charge in [0.2, 0.25) is 0 Å². The number of methoxy groups -OCH3 is 1. The van der Waals surface area contributed by atoms with E-state index in [0.717, 1.165) is 25.3 Å². The monoisotopic (exact) mass is 197 g/mol. The SMILES string of the molecule is COCCC(C)n1ccnc1CCN. The number of hydrogen-bond donors (Lipinski definition) is 1. The molecule has 1 heterocycles. The minimum Gasteiger partial charge on any atom is -0.385 e. The van der Waals surface area contributed by atoms with E-state index < -0.39 is 0 Å². The third-order valence-corrected chi connectivity index (χ3v) is 2.33. The summed E-state index contributed by atoms with van der Waals surface area (Å²) in [5, 5.41) is 0. The molecule has 1 unspecified atom stereocenters. The Labute approximate surface area is 85.1 Å². The molecule has 0 fully saturated rings. The van der Waals surface area contributed by atoms with Gasteiger partial charge in [0.1, 0.15) is 5.82 Å². The Balaban J connectivity index is 2.58. The molecule has 0 spiro atoms. The van der Waals surface area contributed by atoms with Crippen molar-refractivity contribution in [2.45, 2.75) is 25.8 Å². The Morgan fingerprint density at radius 3 is 3.07 bits per heavy atom. The Bertz CT molecular complexity index is 260. The summed E-state index contributed by atoms with van der Waals surface area (Å²) in [7, 11) is 1.72. The zero-order valence-electron chi connectivity index (χ0n) is 8.94. The summed E-state index contributed by atoms with van der Waals surface area (Å²) in [6, 6.07) is 0.430. The van der Waals surface area contributed by atoms with Gasteiger partial charge in [-0.3, -0.25) is 0 Å². The average molecular weight is 197 g/mol. The van der Waals surface area contributed by atoms with Crippen LogP contribution in [0, 0.1) is 0 Å². The molecule has 4 nitrogen and oxygen atoms in total. The van der Waals surface area contributed by atoms with Crippen LogP contribution >= 0.6 is 0 Å². The van der Waals surface area contributed by atoms with Gasteiger partial charge < -0.3 is 15.0 Å². The van der Waals surface area contributed by atoms with Crippen LogP contribution in [0.25, 0.3) is 0 Å². The van der Waals surface area contributed by atoms with Gasteiger partial charge in [0.05, 0.1) is 0 Å². The number of nitrogens with zero attached hydrogens (tertiary/aromatic N) is 2. The van der Waals surface area contributed by atoms with E-state index in [4.69, 9.17) is 10.5 Å². The molecular formula is C10H19N3O. The molecule has 0 radical (unpaired) electrons. The van der Waals surface area contributed by atoms with E-state index in [1.54, 1.807) is 7.11 Å². The lowest BCUT2D eigenvalue weighted by atomic mass is 10.2. The van der Waals surface area contributed by atoms with Crippen molar-refractivity contribution in [1.82, 2.24) is 9.55 Å². The highest BCUT2D eigenvalue weighted by molar-refractivity contribution is 4.95. The molecule has 14 heavy (non-hydrogen) atoms. The fourth-order valence-corrected chi connectivity index (χ4v) is 1.50. The highest BCUT2D eigenvalue weighted by Gasteiger charge is 2.08. The number of rotatable bonds is 6. The van der Waals surface area contributed by atoms with Crippen LogP contribution in [0.15, 0.2) is 12.4 Å². The molecule has 0 aliphatic rings. The van der Waals surface area contributed by atoms with E-state index in [2.05, 4.69) is 16.5 Å². The van der Waals surface area contributed by atoms with Gasteiger partial charge in [-0.15, -0.1) is 0 Å². The molecule has 80 valence electrons. The number of aromatic nitrogens is 2. The van der Waals surface area contributed by atoms with Gasteiger partial charge in [-0.05, 0) is 19.9 Å². The van der Waals surface area contributed by atoms with Gasteiger partial charge in [0.15, 0.2) is 0 Å². The molecule has 1 rings (SSSR count). The molecule has 1 aromatic rings. The maximum atomic E-state index is 5.51. The van der Waals surface area contributed by atoms with Crippen LogP contribution in [0.4, 0.5) is 0 Å². The Kier molecular flexibility index (Phi) is 4.62. The fraction of sp³-hybridized carbons (Fsp3) is 0.700. The van der Waals surface area contributed by atoms with Crippen molar-refractivity contribution in [3.8, 4) is 0 Å². The highest BCUT2D eigenvalue weighted by atomic mass is 16.5. The predicted molar refractivity (Wildman–Crippen MR) is 56.2 cm³/mol. The number of nitrogens with two attached hydrogens (primary N) is 1. The molecule has 0 aromatic carbocycles. The van der Waals surface area contributed by atoms with Crippen molar-refractivity contribution < 1.29 is 4.74 Å². The van der Waals surface area contributed by atoms with E-state index in [0.29, 0.717) is 12.6 Å². The maximum Gasteiger partial charge on any atom is 0.110 e. The van der Waals surface area contributed by atoms with Crippen molar-refractivity contribution in [1.29, 1.82) is 0 Å². The largest absolute Gasteiger partial charge is 0.385 e. The molecule has 1 aromatic heterocycles. The minimum absolute atomic E-state index is 0.430. The third-order valence-electron chi connectivity index (χ3n) is 2.33. The van der Waals surface area contributed by atoms with Gasteiger partial charge in [0, 0.05) is 38.6 Å². The molecule has 0 amide bonds. The summed E-state index contributed by atoms with van der Waals surface area (Å²) in [6.45, 7) is 3.59. The summed E-state index contributed by atoms with van der Waals surface area (Å²) in [6.07, 6.45) is 5.67. The van der Waals surface area contributed by atoms with E-state index >= 15 is 0 Å². The standard InChI is InChI=1S/C10H19N3O/c1-9(4-8-14-2)13-7-6-12-10(13)3-5-11/h6-7,9H,3-5,8,11H2,1-2H3. The molecule has 0 saturated carbocycles. The highest BCUT2D eigenvalue weighted by Crippen LogP contribution is 2.13. The van der Waals surface area contributed by atoms with Crippen molar-refractivity contribution in [3.63, 3.8) is 0 Å². The maximum absolute atomic E-state index is 5.51. The van der Waals surface area contributed by atoms with Gasteiger partial charge in [-0.2, -0.15) is 0 Å². The fourth-order valence-electron chi connectivity index (χ4n) is 1.50. The van der Waals surface area contributed by atoms with E-state index in [9.17, 15) is 0 Å². The molecule has 0 aliphatic heterocycles. The molecule has 0 saturated heterocycles. The topological polar surface area (TPSA) is 53.1 Å². The normalized spacial score (nSPS) is 13.1. The number of ether oxygens (including phenoxy) is 1.